The first-order chi connectivity index (χ1) is 17.1. The zero-order chi connectivity index (χ0) is 24.2. The summed E-state index contributed by atoms with van der Waals surface area (Å²) in [6.45, 7) is 1.99. The predicted octanol–water partition coefficient (Wildman–Crippen LogP) is 5.23. The van der Waals surface area contributed by atoms with Gasteiger partial charge in [0.05, 0.1) is 18.2 Å². The number of rotatable bonds is 6. The number of aryl methyl sites for hydroxylation is 1. The largest absolute Gasteiger partial charge is 0.449 e. The van der Waals surface area contributed by atoms with Crippen molar-refractivity contribution >= 4 is 6.21 Å². The molecule has 3 aromatic carbocycles. The summed E-state index contributed by atoms with van der Waals surface area (Å²) >= 11 is 0. The normalized spacial score (nSPS) is 11.1. The van der Waals surface area contributed by atoms with Crippen molar-refractivity contribution in [1.29, 1.82) is 0 Å². The number of nitrogens with zero attached hydrogens (tertiary/aromatic N) is 5. The summed E-state index contributed by atoms with van der Waals surface area (Å²) in [5.74, 6) is 0.707. The van der Waals surface area contributed by atoms with E-state index < -0.39 is 0 Å². The van der Waals surface area contributed by atoms with Crippen LogP contribution in [0.3, 0.4) is 0 Å². The molecular formula is C28H23N5O2. The molecule has 7 nitrogen and oxygen atoms in total. The molecule has 5 rings (SSSR count). The van der Waals surface area contributed by atoms with Crippen molar-refractivity contribution in [3.8, 4) is 34.0 Å². The van der Waals surface area contributed by atoms with Crippen LogP contribution >= 0.6 is 0 Å². The monoisotopic (exact) mass is 461 g/mol. The van der Waals surface area contributed by atoms with E-state index in [0.717, 1.165) is 22.3 Å². The van der Waals surface area contributed by atoms with Gasteiger partial charge in [-0.1, -0.05) is 54.1 Å². The number of benzene rings is 3. The van der Waals surface area contributed by atoms with Crippen molar-refractivity contribution in [2.75, 3.05) is 7.05 Å². The minimum Gasteiger partial charge on any atom is -0.449 e. The number of aliphatic imine (C=N–C) groups is 1. The fraction of sp³-hybridized carbons (Fsp3) is 0.0714. The van der Waals surface area contributed by atoms with Crippen LogP contribution in [0.5, 0.6) is 11.5 Å². The molecule has 0 spiro atoms. The maximum atomic E-state index is 13.5. The van der Waals surface area contributed by atoms with Crippen LogP contribution in [0, 0.1) is 6.92 Å². The molecule has 0 aliphatic carbocycles. The van der Waals surface area contributed by atoms with Crippen molar-refractivity contribution in [1.82, 2.24) is 19.3 Å². The first kappa shape index (κ1) is 22.0. The SMILES string of the molecule is CN=Cc1ccc(-c2ccc(Oc3c(-n4ccnc4)cnn(-c4ccc(C)cc4)c3=O)cc2)cc1. The maximum Gasteiger partial charge on any atom is 0.316 e. The first-order valence-electron chi connectivity index (χ1n) is 11.1. The lowest BCUT2D eigenvalue weighted by Crippen LogP contribution is -2.23. The smallest absolute Gasteiger partial charge is 0.316 e. The van der Waals surface area contributed by atoms with Crippen LogP contribution in [-0.4, -0.2) is 32.6 Å². The van der Waals surface area contributed by atoms with Gasteiger partial charge in [0.15, 0.2) is 0 Å². The molecule has 2 aromatic heterocycles. The minimum atomic E-state index is -0.364. The molecule has 2 heterocycles. The van der Waals surface area contributed by atoms with Gasteiger partial charge in [-0.2, -0.15) is 9.78 Å². The quantitative estimate of drug-likeness (QED) is 0.324. The minimum absolute atomic E-state index is 0.162. The lowest BCUT2D eigenvalue weighted by molar-refractivity contribution is 0.464. The van der Waals surface area contributed by atoms with Crippen molar-refractivity contribution < 1.29 is 4.74 Å². The van der Waals surface area contributed by atoms with Crippen LogP contribution in [0.1, 0.15) is 11.1 Å². The Labute approximate surface area is 202 Å². The molecule has 0 saturated carbocycles. The third-order valence-corrected chi connectivity index (χ3v) is 5.57. The van der Waals surface area contributed by atoms with Gasteiger partial charge in [0, 0.05) is 25.7 Å². The third-order valence-electron chi connectivity index (χ3n) is 5.57. The zero-order valence-corrected chi connectivity index (χ0v) is 19.4. The van der Waals surface area contributed by atoms with Gasteiger partial charge in [-0.05, 0) is 47.9 Å². The van der Waals surface area contributed by atoms with E-state index >= 15 is 0 Å². The van der Waals surface area contributed by atoms with E-state index in [-0.39, 0.29) is 11.3 Å². The molecule has 172 valence electrons. The molecule has 5 aromatic rings. The van der Waals surface area contributed by atoms with Gasteiger partial charge >= 0.3 is 5.56 Å². The van der Waals surface area contributed by atoms with Crippen molar-refractivity contribution in [3.05, 3.63) is 119 Å². The number of imidazole rings is 1. The second-order valence-electron chi connectivity index (χ2n) is 8.02. The van der Waals surface area contributed by atoms with E-state index in [9.17, 15) is 4.79 Å². The van der Waals surface area contributed by atoms with Gasteiger partial charge in [0.25, 0.3) is 0 Å². The average Bonchev–Trinajstić information content (AvgIpc) is 3.42. The number of hydrogen-bond donors (Lipinski definition) is 0. The Morgan fingerprint density at radius 2 is 1.60 bits per heavy atom. The van der Waals surface area contributed by atoms with Crippen LogP contribution < -0.4 is 10.3 Å². The van der Waals surface area contributed by atoms with Gasteiger partial charge in [-0.15, -0.1) is 0 Å². The highest BCUT2D eigenvalue weighted by Gasteiger charge is 2.17. The second-order valence-corrected chi connectivity index (χ2v) is 8.02. The summed E-state index contributed by atoms with van der Waals surface area (Å²) in [6, 6.07) is 23.4. The number of aromatic nitrogens is 4. The topological polar surface area (TPSA) is 74.3 Å². The Morgan fingerprint density at radius 3 is 2.23 bits per heavy atom. The molecule has 0 radical (unpaired) electrons. The number of hydrogen-bond acceptors (Lipinski definition) is 5. The van der Waals surface area contributed by atoms with Crippen LogP contribution in [0.4, 0.5) is 0 Å². The van der Waals surface area contributed by atoms with Crippen LogP contribution in [0.2, 0.25) is 0 Å². The molecule has 0 saturated heterocycles. The average molecular weight is 462 g/mol. The highest BCUT2D eigenvalue weighted by atomic mass is 16.5. The molecule has 0 atom stereocenters. The van der Waals surface area contributed by atoms with E-state index in [0.29, 0.717) is 17.1 Å². The van der Waals surface area contributed by atoms with E-state index in [1.807, 2.05) is 85.9 Å². The van der Waals surface area contributed by atoms with Crippen molar-refractivity contribution in [2.45, 2.75) is 6.92 Å². The van der Waals surface area contributed by atoms with Gasteiger partial charge < -0.3 is 9.30 Å². The lowest BCUT2D eigenvalue weighted by Gasteiger charge is -2.14. The molecular weight excluding hydrogens is 438 g/mol. The summed E-state index contributed by atoms with van der Waals surface area (Å²) in [6.07, 6.45) is 8.41. The third kappa shape index (κ3) is 4.65. The van der Waals surface area contributed by atoms with Crippen LogP contribution in [0.25, 0.3) is 22.5 Å². The van der Waals surface area contributed by atoms with Gasteiger partial charge in [-0.3, -0.25) is 9.79 Å². The van der Waals surface area contributed by atoms with Gasteiger partial charge in [0.2, 0.25) is 5.75 Å². The molecule has 0 unspecified atom stereocenters. The molecule has 0 N–H and O–H groups in total. The van der Waals surface area contributed by atoms with E-state index in [2.05, 4.69) is 15.1 Å². The summed E-state index contributed by atoms with van der Waals surface area (Å²) < 4.78 is 9.20. The van der Waals surface area contributed by atoms with E-state index in [1.165, 1.54) is 4.68 Å². The maximum absolute atomic E-state index is 13.5. The Balaban J connectivity index is 1.50. The Hall–Kier alpha value is -4.78. The molecule has 0 bridgehead atoms. The zero-order valence-electron chi connectivity index (χ0n) is 19.4. The summed E-state index contributed by atoms with van der Waals surface area (Å²) in [4.78, 5) is 21.6. The fourth-order valence-corrected chi connectivity index (χ4v) is 3.72. The van der Waals surface area contributed by atoms with Gasteiger partial charge in [0.1, 0.15) is 11.4 Å². The van der Waals surface area contributed by atoms with Crippen molar-refractivity contribution in [3.63, 3.8) is 0 Å². The van der Waals surface area contributed by atoms with Gasteiger partial charge in [-0.25, -0.2) is 4.98 Å². The lowest BCUT2D eigenvalue weighted by atomic mass is 10.0. The Morgan fingerprint density at radius 1 is 0.914 bits per heavy atom. The van der Waals surface area contributed by atoms with Crippen LogP contribution in [-0.2, 0) is 0 Å². The Bertz CT molecular complexity index is 1520. The van der Waals surface area contributed by atoms with E-state index in [4.69, 9.17) is 4.74 Å². The first-order valence-corrected chi connectivity index (χ1v) is 11.1. The molecule has 0 aliphatic rings. The molecule has 0 fully saturated rings. The Kier molecular flexibility index (Phi) is 6.05. The molecule has 0 aliphatic heterocycles. The molecule has 35 heavy (non-hydrogen) atoms. The highest BCUT2D eigenvalue weighted by Crippen LogP contribution is 2.28. The fourth-order valence-electron chi connectivity index (χ4n) is 3.72. The van der Waals surface area contributed by atoms with E-state index in [1.54, 1.807) is 36.5 Å². The molecule has 0 amide bonds. The number of ether oxygens (including phenoxy) is 1. The highest BCUT2D eigenvalue weighted by molar-refractivity contribution is 5.80. The summed E-state index contributed by atoms with van der Waals surface area (Å²) in [7, 11) is 1.75. The summed E-state index contributed by atoms with van der Waals surface area (Å²) in [5.41, 5.74) is 5.07. The summed E-state index contributed by atoms with van der Waals surface area (Å²) in [5, 5.41) is 4.38. The van der Waals surface area contributed by atoms with Crippen molar-refractivity contribution in [2.24, 2.45) is 4.99 Å². The predicted molar refractivity (Wildman–Crippen MR) is 137 cm³/mol. The van der Waals surface area contributed by atoms with Crippen LogP contribution in [0.15, 0.2) is 108 Å². The second kappa shape index (κ2) is 9.61. The standard InChI is InChI=1S/C28H23N5O2/c1-20-3-11-24(12-4-20)33-28(34)27(26(18-31-33)32-16-15-30-19-32)35-25-13-9-23(10-14-25)22-7-5-21(6-8-22)17-29-2/h3-19H,1-2H3. The molecule has 7 heteroatoms.